The van der Waals surface area contributed by atoms with Crippen LogP contribution in [0.2, 0.25) is 0 Å². The van der Waals surface area contributed by atoms with Gasteiger partial charge in [0.25, 0.3) is 0 Å². The highest BCUT2D eigenvalue weighted by molar-refractivity contribution is 6.21. The summed E-state index contributed by atoms with van der Waals surface area (Å²) in [6.07, 6.45) is 1.60. The maximum absolute atomic E-state index is 12.0. The van der Waals surface area contributed by atoms with Crippen molar-refractivity contribution in [3.63, 3.8) is 0 Å². The minimum Gasteiger partial charge on any atom is -0.467 e. The van der Waals surface area contributed by atoms with Gasteiger partial charge in [-0.05, 0) is 12.1 Å². The Hall–Kier alpha value is -2.56. The molecule has 5 heteroatoms. The number of urea groups is 1. The predicted octanol–water partition coefficient (Wildman–Crippen LogP) is 2.40. The van der Waals surface area contributed by atoms with E-state index < -0.39 is 6.03 Å². The van der Waals surface area contributed by atoms with Gasteiger partial charge in [-0.15, -0.1) is 0 Å². The van der Waals surface area contributed by atoms with Crippen LogP contribution in [0.3, 0.4) is 0 Å². The number of nitrogens with zero attached hydrogens (tertiary/aromatic N) is 1. The van der Waals surface area contributed by atoms with Crippen LogP contribution in [0.1, 0.15) is 5.76 Å². The SMILES string of the molecule is O=C1Cc2occc2N1C(=O)Nc1ccccc1. The lowest BCUT2D eigenvalue weighted by Crippen LogP contribution is -2.37. The average Bonchev–Trinajstić information content (AvgIpc) is 2.89. The number of fused-ring (bicyclic) bond motifs is 1. The third kappa shape index (κ3) is 1.66. The van der Waals surface area contributed by atoms with Gasteiger partial charge in [0.1, 0.15) is 5.76 Å². The van der Waals surface area contributed by atoms with Gasteiger partial charge in [0.2, 0.25) is 5.91 Å². The minimum absolute atomic E-state index is 0.130. The summed E-state index contributed by atoms with van der Waals surface area (Å²) in [6, 6.07) is 10.1. The number of rotatable bonds is 1. The molecule has 0 atom stereocenters. The smallest absolute Gasteiger partial charge is 0.333 e. The average molecular weight is 242 g/mol. The molecule has 90 valence electrons. The summed E-state index contributed by atoms with van der Waals surface area (Å²) >= 11 is 0. The number of para-hydroxylation sites is 1. The van der Waals surface area contributed by atoms with Crippen LogP contribution in [-0.4, -0.2) is 11.9 Å². The standard InChI is InChI=1S/C13H10N2O3/c16-12-8-11-10(6-7-18-11)15(12)13(17)14-9-4-2-1-3-5-9/h1-7H,8H2,(H,14,17). The molecule has 0 fully saturated rings. The summed E-state index contributed by atoms with van der Waals surface area (Å²) in [7, 11) is 0. The number of carbonyl (C=O) groups excluding carboxylic acids is 2. The fourth-order valence-corrected chi connectivity index (χ4v) is 1.94. The minimum atomic E-state index is -0.466. The number of benzene rings is 1. The fraction of sp³-hybridized carbons (Fsp3) is 0.0769. The molecule has 0 saturated carbocycles. The molecule has 1 aliphatic rings. The molecule has 0 unspecified atom stereocenters. The molecule has 2 heterocycles. The van der Waals surface area contributed by atoms with Crippen LogP contribution < -0.4 is 10.2 Å². The highest BCUT2D eigenvalue weighted by atomic mass is 16.3. The molecule has 0 saturated heterocycles. The molecule has 1 N–H and O–H groups in total. The lowest BCUT2D eigenvalue weighted by molar-refractivity contribution is -0.116. The quantitative estimate of drug-likeness (QED) is 0.835. The number of anilines is 2. The number of hydrogen-bond donors (Lipinski definition) is 1. The predicted molar refractivity (Wildman–Crippen MR) is 65.4 cm³/mol. The number of nitrogens with one attached hydrogen (secondary N) is 1. The van der Waals surface area contributed by atoms with E-state index in [-0.39, 0.29) is 12.3 Å². The molecule has 3 rings (SSSR count). The van der Waals surface area contributed by atoms with Gasteiger partial charge < -0.3 is 9.73 Å². The number of carbonyl (C=O) groups is 2. The summed E-state index contributed by atoms with van der Waals surface area (Å²) in [6.45, 7) is 0. The van der Waals surface area contributed by atoms with Gasteiger partial charge in [0.05, 0.1) is 18.4 Å². The third-order valence-electron chi connectivity index (χ3n) is 2.75. The van der Waals surface area contributed by atoms with Gasteiger partial charge in [-0.25, -0.2) is 9.69 Å². The molecule has 3 amide bonds. The summed E-state index contributed by atoms with van der Waals surface area (Å²) in [5, 5.41) is 2.67. The van der Waals surface area contributed by atoms with Crippen LogP contribution in [0.25, 0.3) is 0 Å². The second-order valence-corrected chi connectivity index (χ2v) is 3.93. The zero-order valence-corrected chi connectivity index (χ0v) is 9.42. The van der Waals surface area contributed by atoms with Crippen molar-refractivity contribution in [1.29, 1.82) is 0 Å². The summed E-state index contributed by atoms with van der Waals surface area (Å²) in [5.74, 6) is 0.251. The molecule has 5 nitrogen and oxygen atoms in total. The normalized spacial score (nSPS) is 13.6. The Bertz CT molecular complexity index is 604. The van der Waals surface area contributed by atoms with Crippen LogP contribution in [-0.2, 0) is 11.2 Å². The van der Waals surface area contributed by atoms with Crippen LogP contribution in [0.5, 0.6) is 0 Å². The second-order valence-electron chi connectivity index (χ2n) is 3.93. The molecule has 1 aromatic heterocycles. The van der Waals surface area contributed by atoms with E-state index in [1.54, 1.807) is 18.2 Å². The van der Waals surface area contributed by atoms with E-state index >= 15 is 0 Å². The van der Waals surface area contributed by atoms with Crippen molar-refractivity contribution in [2.24, 2.45) is 0 Å². The van der Waals surface area contributed by atoms with Gasteiger partial charge in [-0.1, -0.05) is 18.2 Å². The van der Waals surface area contributed by atoms with E-state index in [0.717, 1.165) is 4.90 Å². The van der Waals surface area contributed by atoms with Gasteiger partial charge in [-0.3, -0.25) is 4.79 Å². The van der Waals surface area contributed by atoms with Crippen molar-refractivity contribution in [2.45, 2.75) is 6.42 Å². The lowest BCUT2D eigenvalue weighted by Gasteiger charge is -2.14. The highest BCUT2D eigenvalue weighted by Gasteiger charge is 2.34. The first-order valence-electron chi connectivity index (χ1n) is 5.51. The van der Waals surface area contributed by atoms with Crippen molar-refractivity contribution in [1.82, 2.24) is 0 Å². The Morgan fingerprint density at radius 3 is 2.78 bits per heavy atom. The van der Waals surface area contributed by atoms with E-state index in [1.807, 2.05) is 18.2 Å². The van der Waals surface area contributed by atoms with Crippen molar-refractivity contribution >= 4 is 23.3 Å². The first kappa shape index (κ1) is 10.6. The van der Waals surface area contributed by atoms with Crippen molar-refractivity contribution in [2.75, 3.05) is 10.2 Å². The molecular formula is C13H10N2O3. The van der Waals surface area contributed by atoms with Gasteiger partial charge in [0.15, 0.2) is 0 Å². The largest absolute Gasteiger partial charge is 0.467 e. The van der Waals surface area contributed by atoms with Crippen LogP contribution in [0.15, 0.2) is 47.1 Å². The number of furan rings is 1. The molecule has 1 aromatic carbocycles. The molecule has 18 heavy (non-hydrogen) atoms. The molecule has 0 bridgehead atoms. The summed E-state index contributed by atoms with van der Waals surface area (Å²) in [4.78, 5) is 24.9. The molecule has 0 spiro atoms. The first-order valence-corrected chi connectivity index (χ1v) is 5.51. The van der Waals surface area contributed by atoms with Gasteiger partial charge in [0, 0.05) is 11.8 Å². The van der Waals surface area contributed by atoms with Gasteiger partial charge >= 0.3 is 6.03 Å². The molecule has 2 aromatic rings. The van der Waals surface area contributed by atoms with E-state index in [4.69, 9.17) is 4.42 Å². The number of amides is 3. The molecule has 1 aliphatic heterocycles. The topological polar surface area (TPSA) is 62.6 Å². The first-order chi connectivity index (χ1) is 8.75. The zero-order chi connectivity index (χ0) is 12.5. The number of imide groups is 1. The van der Waals surface area contributed by atoms with E-state index in [2.05, 4.69) is 5.32 Å². The Morgan fingerprint density at radius 1 is 1.22 bits per heavy atom. The summed E-state index contributed by atoms with van der Waals surface area (Å²) < 4.78 is 5.13. The van der Waals surface area contributed by atoms with Crippen molar-refractivity contribution in [3.05, 3.63) is 48.4 Å². The molecule has 0 radical (unpaired) electrons. The van der Waals surface area contributed by atoms with E-state index in [9.17, 15) is 9.59 Å². The Kier molecular flexibility index (Phi) is 2.37. The maximum Gasteiger partial charge on any atom is 0.333 e. The summed E-state index contributed by atoms with van der Waals surface area (Å²) in [5.41, 5.74) is 1.17. The van der Waals surface area contributed by atoms with Crippen molar-refractivity contribution in [3.8, 4) is 0 Å². The number of hydrogen-bond acceptors (Lipinski definition) is 3. The third-order valence-corrected chi connectivity index (χ3v) is 2.75. The van der Waals surface area contributed by atoms with Crippen LogP contribution >= 0.6 is 0 Å². The molecular weight excluding hydrogens is 232 g/mol. The molecule has 0 aliphatic carbocycles. The highest BCUT2D eigenvalue weighted by Crippen LogP contribution is 2.30. The van der Waals surface area contributed by atoms with Crippen LogP contribution in [0.4, 0.5) is 16.2 Å². The Labute approximate surface area is 103 Å². The monoisotopic (exact) mass is 242 g/mol. The Balaban J connectivity index is 1.84. The van der Waals surface area contributed by atoms with Crippen LogP contribution in [0, 0.1) is 0 Å². The van der Waals surface area contributed by atoms with Gasteiger partial charge in [-0.2, -0.15) is 0 Å². The lowest BCUT2D eigenvalue weighted by atomic mass is 10.3. The van der Waals surface area contributed by atoms with Crippen molar-refractivity contribution < 1.29 is 14.0 Å². The second kappa shape index (κ2) is 4.03. The fourth-order valence-electron chi connectivity index (χ4n) is 1.94. The van der Waals surface area contributed by atoms with E-state index in [1.165, 1.54) is 6.26 Å². The maximum atomic E-state index is 12.0. The van der Waals surface area contributed by atoms with E-state index in [0.29, 0.717) is 17.1 Å². The zero-order valence-electron chi connectivity index (χ0n) is 9.42. The Morgan fingerprint density at radius 2 is 2.00 bits per heavy atom.